The van der Waals surface area contributed by atoms with E-state index in [4.69, 9.17) is 36.4 Å². The molecule has 178 valence electrons. The molecule has 0 aliphatic rings. The van der Waals surface area contributed by atoms with Crippen molar-refractivity contribution in [2.24, 2.45) is 5.73 Å². The molecule has 1 rings (SSSR count). The Kier molecular flexibility index (Phi) is 19.7. The first kappa shape index (κ1) is 32.4. The lowest BCUT2D eigenvalue weighted by molar-refractivity contribution is -0.134. The molecule has 0 spiro atoms. The molecule has 0 aliphatic heterocycles. The first-order valence-electron chi connectivity index (χ1n) is 7.95. The number of nitrogens with two attached hydrogens (primary N) is 1. The number of aliphatic carboxylic acids is 6. The summed E-state index contributed by atoms with van der Waals surface area (Å²) in [6.07, 6.45) is 3.35. The minimum atomic E-state index is -1.26. The second-order valence-corrected chi connectivity index (χ2v) is 4.76. The Morgan fingerprint density at radius 2 is 0.697 bits per heavy atom. The average Bonchev–Trinajstić information content (AvgIpc) is 2.71. The minimum Gasteiger partial charge on any atom is -0.478 e. The van der Waals surface area contributed by atoms with Crippen molar-refractivity contribution in [1.82, 2.24) is 0 Å². The van der Waals surface area contributed by atoms with Crippen LogP contribution in [0.3, 0.4) is 0 Å². The van der Waals surface area contributed by atoms with Crippen LogP contribution < -0.4 is 5.73 Å². The third-order valence-electron chi connectivity index (χ3n) is 2.16. The minimum absolute atomic E-state index is 0.379. The van der Waals surface area contributed by atoms with Crippen molar-refractivity contribution in [3.8, 4) is 0 Å². The van der Waals surface area contributed by atoms with Crippen LogP contribution in [0.25, 0.3) is 0 Å². The SMILES string of the molecule is NC(=O)c1ccccc1.O=C(O)/C=C\C(=O)O.O=C(O)/C=C\C(=O)O.O=C(O)/C=C\C(=O)O. The van der Waals surface area contributed by atoms with Gasteiger partial charge in [0.05, 0.1) is 0 Å². The van der Waals surface area contributed by atoms with Crippen LogP contribution in [0.4, 0.5) is 0 Å². The van der Waals surface area contributed by atoms with E-state index in [0.717, 1.165) is 0 Å². The third-order valence-corrected chi connectivity index (χ3v) is 2.16. The molecule has 33 heavy (non-hydrogen) atoms. The molecule has 0 radical (unpaired) electrons. The molecule has 1 amide bonds. The van der Waals surface area contributed by atoms with Gasteiger partial charge < -0.3 is 36.4 Å². The Balaban J connectivity index is -0.000000364. The zero-order valence-corrected chi connectivity index (χ0v) is 16.5. The van der Waals surface area contributed by atoms with Crippen LogP contribution in [-0.4, -0.2) is 72.4 Å². The summed E-state index contributed by atoms with van der Waals surface area (Å²) in [5, 5.41) is 46.9. The number of carboxylic acids is 6. The second kappa shape index (κ2) is 20.0. The number of rotatable bonds is 7. The van der Waals surface area contributed by atoms with Gasteiger partial charge in [0.1, 0.15) is 0 Å². The zero-order chi connectivity index (χ0) is 26.4. The van der Waals surface area contributed by atoms with E-state index in [1.165, 1.54) is 0 Å². The van der Waals surface area contributed by atoms with Gasteiger partial charge >= 0.3 is 35.8 Å². The third kappa shape index (κ3) is 34.6. The van der Waals surface area contributed by atoms with Crippen LogP contribution in [0.1, 0.15) is 10.4 Å². The number of carboxylic acid groups (broad SMARTS) is 6. The van der Waals surface area contributed by atoms with Crippen LogP contribution in [-0.2, 0) is 28.8 Å². The Morgan fingerprint density at radius 1 is 0.485 bits per heavy atom. The van der Waals surface area contributed by atoms with Gasteiger partial charge in [-0.05, 0) is 12.1 Å². The lowest BCUT2D eigenvalue weighted by Gasteiger charge is -1.89. The number of hydrogen-bond donors (Lipinski definition) is 7. The van der Waals surface area contributed by atoms with Gasteiger partial charge in [-0.25, -0.2) is 28.8 Å². The number of amides is 1. The molecule has 0 aliphatic carbocycles. The quantitative estimate of drug-likeness (QED) is 0.258. The van der Waals surface area contributed by atoms with Crippen molar-refractivity contribution in [3.05, 3.63) is 72.4 Å². The molecule has 1 aromatic rings. The van der Waals surface area contributed by atoms with E-state index in [1.807, 2.05) is 6.07 Å². The van der Waals surface area contributed by atoms with Crippen LogP contribution in [0.5, 0.6) is 0 Å². The van der Waals surface area contributed by atoms with E-state index in [9.17, 15) is 33.6 Å². The van der Waals surface area contributed by atoms with Crippen molar-refractivity contribution in [2.45, 2.75) is 0 Å². The first-order valence-corrected chi connectivity index (χ1v) is 7.95. The summed E-state index contributed by atoms with van der Waals surface area (Å²) < 4.78 is 0. The highest BCUT2D eigenvalue weighted by Gasteiger charge is 1.94. The van der Waals surface area contributed by atoms with Crippen LogP contribution in [0, 0.1) is 0 Å². The molecule has 0 atom stereocenters. The van der Waals surface area contributed by atoms with E-state index in [0.29, 0.717) is 42.0 Å². The molecule has 0 aromatic heterocycles. The molecular formula is C19H19NO13. The molecule has 0 saturated heterocycles. The topological polar surface area (TPSA) is 267 Å². The Hall–Kier alpha value is -5.27. The van der Waals surface area contributed by atoms with Crippen LogP contribution >= 0.6 is 0 Å². The molecule has 0 unspecified atom stereocenters. The average molecular weight is 469 g/mol. The summed E-state index contributed by atoms with van der Waals surface area (Å²) in [4.78, 5) is 67.7. The predicted octanol–water partition coefficient (Wildman–Crippen LogP) is -0.0791. The molecule has 1 aromatic carbocycles. The van der Waals surface area contributed by atoms with Gasteiger partial charge in [0, 0.05) is 42.0 Å². The van der Waals surface area contributed by atoms with E-state index in [-0.39, 0.29) is 5.91 Å². The molecule has 0 saturated carbocycles. The highest BCUT2D eigenvalue weighted by Crippen LogP contribution is 1.94. The fourth-order valence-electron chi connectivity index (χ4n) is 1.03. The number of carbonyl (C=O) groups excluding carboxylic acids is 1. The summed E-state index contributed by atoms with van der Waals surface area (Å²) in [6.45, 7) is 0. The maximum Gasteiger partial charge on any atom is 0.328 e. The summed E-state index contributed by atoms with van der Waals surface area (Å²) in [5.41, 5.74) is 5.53. The Labute approximate surface area is 184 Å². The van der Waals surface area contributed by atoms with Crippen molar-refractivity contribution < 1.29 is 64.2 Å². The summed E-state index contributed by atoms with van der Waals surface area (Å²) in [5.74, 6) is -7.92. The summed E-state index contributed by atoms with van der Waals surface area (Å²) in [6, 6.07) is 8.76. The fourth-order valence-corrected chi connectivity index (χ4v) is 1.03. The standard InChI is InChI=1S/C7H7NO.3C4H4O4/c8-7(9)6-4-2-1-3-5-6;3*5-3(6)1-2-4(7)8/h1-5H,(H2,8,9);3*1-2H,(H,5,6)(H,7,8)/b;3*2-1-. The first-order chi connectivity index (χ1) is 15.2. The molecule has 0 heterocycles. The van der Waals surface area contributed by atoms with Crippen molar-refractivity contribution >= 4 is 41.7 Å². The molecule has 0 fully saturated rings. The van der Waals surface area contributed by atoms with Gasteiger partial charge in [0.15, 0.2) is 0 Å². The van der Waals surface area contributed by atoms with E-state index in [1.54, 1.807) is 24.3 Å². The highest BCUT2D eigenvalue weighted by atomic mass is 16.4. The Bertz CT molecular complexity index is 786. The van der Waals surface area contributed by atoms with Gasteiger partial charge in [-0.1, -0.05) is 18.2 Å². The highest BCUT2D eigenvalue weighted by molar-refractivity contribution is 5.92. The number of carbonyl (C=O) groups is 7. The predicted molar refractivity (Wildman–Crippen MR) is 108 cm³/mol. The van der Waals surface area contributed by atoms with Crippen molar-refractivity contribution in [3.63, 3.8) is 0 Å². The van der Waals surface area contributed by atoms with Crippen molar-refractivity contribution in [1.29, 1.82) is 0 Å². The maximum absolute atomic E-state index is 10.4. The number of hydrogen-bond acceptors (Lipinski definition) is 7. The smallest absolute Gasteiger partial charge is 0.328 e. The van der Waals surface area contributed by atoms with E-state index >= 15 is 0 Å². The lowest BCUT2D eigenvalue weighted by atomic mass is 10.2. The van der Waals surface area contributed by atoms with Gasteiger partial charge in [-0.2, -0.15) is 0 Å². The van der Waals surface area contributed by atoms with Crippen molar-refractivity contribution in [2.75, 3.05) is 0 Å². The molecular weight excluding hydrogens is 450 g/mol. The second-order valence-electron chi connectivity index (χ2n) is 4.76. The van der Waals surface area contributed by atoms with Gasteiger partial charge in [-0.15, -0.1) is 0 Å². The van der Waals surface area contributed by atoms with Gasteiger partial charge in [0.25, 0.3) is 0 Å². The Morgan fingerprint density at radius 3 is 0.818 bits per heavy atom. The largest absolute Gasteiger partial charge is 0.478 e. The maximum atomic E-state index is 10.4. The van der Waals surface area contributed by atoms with E-state index < -0.39 is 35.8 Å². The van der Waals surface area contributed by atoms with Gasteiger partial charge in [-0.3, -0.25) is 4.79 Å². The molecule has 0 bridgehead atoms. The summed E-state index contributed by atoms with van der Waals surface area (Å²) >= 11 is 0. The molecule has 14 heteroatoms. The van der Waals surface area contributed by atoms with Crippen LogP contribution in [0.2, 0.25) is 0 Å². The molecule has 14 nitrogen and oxygen atoms in total. The van der Waals surface area contributed by atoms with Gasteiger partial charge in [0.2, 0.25) is 5.91 Å². The normalized spacial score (nSPS) is 9.33. The monoisotopic (exact) mass is 469 g/mol. The number of primary amides is 1. The summed E-state index contributed by atoms with van der Waals surface area (Å²) in [7, 11) is 0. The van der Waals surface area contributed by atoms with Crippen LogP contribution in [0.15, 0.2) is 66.8 Å². The number of benzene rings is 1. The van der Waals surface area contributed by atoms with E-state index in [2.05, 4.69) is 0 Å². The zero-order valence-electron chi connectivity index (χ0n) is 16.5. The molecule has 8 N–H and O–H groups in total. The lowest BCUT2D eigenvalue weighted by Crippen LogP contribution is -2.09. The fraction of sp³-hybridized carbons (Fsp3) is 0.